The van der Waals surface area contributed by atoms with Crippen LogP contribution in [0.5, 0.6) is 0 Å². The number of rotatable bonds is 5. The molecule has 0 saturated carbocycles. The summed E-state index contributed by atoms with van der Waals surface area (Å²) in [6.45, 7) is 6.08. The lowest BCUT2D eigenvalue weighted by atomic mass is 10.1. The Morgan fingerprint density at radius 2 is 2.14 bits per heavy atom. The predicted octanol–water partition coefficient (Wildman–Crippen LogP) is 3.73. The second-order valence-corrected chi connectivity index (χ2v) is 8.75. The number of nitrogens with one attached hydrogen (secondary N) is 1. The van der Waals surface area contributed by atoms with Gasteiger partial charge >= 0.3 is 0 Å². The number of hydrogen-bond acceptors (Lipinski definition) is 7. The highest BCUT2D eigenvalue weighted by molar-refractivity contribution is 7.13. The molecule has 28 heavy (non-hydrogen) atoms. The van der Waals surface area contributed by atoms with Gasteiger partial charge in [0.05, 0.1) is 17.2 Å². The van der Waals surface area contributed by atoms with Crippen LogP contribution in [0.25, 0.3) is 11.3 Å². The summed E-state index contributed by atoms with van der Waals surface area (Å²) in [6.07, 6.45) is 2.88. The van der Waals surface area contributed by atoms with Crippen molar-refractivity contribution < 1.29 is 4.79 Å². The number of aryl methyl sites for hydroxylation is 1. The Balaban J connectivity index is 1.33. The van der Waals surface area contributed by atoms with E-state index in [1.807, 2.05) is 48.1 Å². The van der Waals surface area contributed by atoms with Crippen LogP contribution in [0.15, 0.2) is 41.2 Å². The molecule has 3 heterocycles. The number of anilines is 2. The molecule has 1 N–H and O–H groups in total. The summed E-state index contributed by atoms with van der Waals surface area (Å²) in [6, 6.07) is 7.88. The van der Waals surface area contributed by atoms with Crippen molar-refractivity contribution in [3.63, 3.8) is 0 Å². The van der Waals surface area contributed by atoms with Crippen molar-refractivity contribution in [2.24, 2.45) is 0 Å². The first-order chi connectivity index (χ1) is 13.7. The Labute approximate surface area is 172 Å². The van der Waals surface area contributed by atoms with Crippen LogP contribution in [-0.2, 0) is 4.79 Å². The van der Waals surface area contributed by atoms with Crippen LogP contribution < -0.4 is 10.2 Å². The lowest BCUT2D eigenvalue weighted by Gasteiger charge is -2.21. The third-order valence-electron chi connectivity index (χ3n) is 4.71. The normalized spacial score (nSPS) is 15.4. The molecular formula is C20H23N5OS2. The Bertz CT molecular complexity index is 924. The lowest BCUT2D eigenvalue weighted by molar-refractivity contribution is -0.117. The van der Waals surface area contributed by atoms with Crippen molar-refractivity contribution >= 4 is 39.4 Å². The third-order valence-corrected chi connectivity index (χ3v) is 6.31. The van der Waals surface area contributed by atoms with Crippen LogP contribution in [0.1, 0.15) is 11.4 Å². The number of amides is 1. The van der Waals surface area contributed by atoms with Gasteiger partial charge in [0.1, 0.15) is 0 Å². The van der Waals surface area contributed by atoms with Crippen molar-refractivity contribution in [3.8, 4) is 11.3 Å². The topological polar surface area (TPSA) is 61.4 Å². The highest BCUT2D eigenvalue weighted by Gasteiger charge is 2.18. The van der Waals surface area contributed by atoms with Crippen molar-refractivity contribution in [1.29, 1.82) is 0 Å². The number of carbonyl (C=O) groups is 1. The Morgan fingerprint density at radius 1 is 1.21 bits per heavy atom. The number of nitrogens with zero attached hydrogens (tertiary/aromatic N) is 4. The van der Waals surface area contributed by atoms with Crippen LogP contribution in [0, 0.1) is 6.92 Å². The number of hydrogen-bond donors (Lipinski definition) is 1. The second-order valence-electron chi connectivity index (χ2n) is 6.81. The molecule has 1 aliphatic rings. The van der Waals surface area contributed by atoms with Crippen LogP contribution >= 0.6 is 22.7 Å². The number of carbonyl (C=O) groups excluding carboxylic acids is 1. The molecule has 2 aromatic heterocycles. The third kappa shape index (κ3) is 4.76. The molecule has 0 atom stereocenters. The minimum Gasteiger partial charge on any atom is -0.347 e. The van der Waals surface area contributed by atoms with Gasteiger partial charge in [-0.15, -0.1) is 22.7 Å². The van der Waals surface area contributed by atoms with Gasteiger partial charge in [0.15, 0.2) is 5.13 Å². The van der Waals surface area contributed by atoms with Gasteiger partial charge in [-0.2, -0.15) is 0 Å². The molecule has 0 spiro atoms. The molecule has 1 fully saturated rings. The average molecular weight is 414 g/mol. The molecule has 6 nitrogen and oxygen atoms in total. The second kappa shape index (κ2) is 8.81. The molecule has 146 valence electrons. The smallest absolute Gasteiger partial charge is 0.238 e. The zero-order valence-corrected chi connectivity index (χ0v) is 17.4. The molecule has 1 saturated heterocycles. The van der Waals surface area contributed by atoms with E-state index in [1.165, 1.54) is 0 Å². The largest absolute Gasteiger partial charge is 0.347 e. The maximum Gasteiger partial charge on any atom is 0.238 e. The zero-order chi connectivity index (χ0) is 19.3. The van der Waals surface area contributed by atoms with E-state index in [2.05, 4.69) is 25.1 Å². The van der Waals surface area contributed by atoms with E-state index >= 15 is 0 Å². The van der Waals surface area contributed by atoms with Crippen molar-refractivity contribution in [2.75, 3.05) is 42.9 Å². The fourth-order valence-electron chi connectivity index (χ4n) is 3.35. The first-order valence-corrected chi connectivity index (χ1v) is 11.1. The molecule has 1 aromatic carbocycles. The number of benzene rings is 1. The van der Waals surface area contributed by atoms with E-state index in [9.17, 15) is 4.79 Å². The van der Waals surface area contributed by atoms with Crippen molar-refractivity contribution in [1.82, 2.24) is 14.9 Å². The summed E-state index contributed by atoms with van der Waals surface area (Å²) in [5.74, 6) is 0.0225. The molecule has 1 aliphatic heterocycles. The molecule has 0 bridgehead atoms. The van der Waals surface area contributed by atoms with E-state index in [-0.39, 0.29) is 5.91 Å². The van der Waals surface area contributed by atoms with Crippen molar-refractivity contribution in [3.05, 3.63) is 46.2 Å². The summed E-state index contributed by atoms with van der Waals surface area (Å²) in [4.78, 5) is 26.0. The minimum absolute atomic E-state index is 0.0225. The van der Waals surface area contributed by atoms with E-state index in [1.54, 1.807) is 22.7 Å². The standard InChI is InChI=1S/C20H23N5OS2/c1-15-22-18(14-28-15)16-4-2-5-17(12-16)23-19(26)13-24-7-3-8-25(10-9-24)20-21-6-11-27-20/h2,4-6,11-12,14H,3,7-10,13H2,1H3,(H,23,26). The molecule has 8 heteroatoms. The van der Waals surface area contributed by atoms with Crippen LogP contribution in [0.2, 0.25) is 0 Å². The Kier molecular flexibility index (Phi) is 5.99. The molecule has 0 aliphatic carbocycles. The van der Waals surface area contributed by atoms with Crippen LogP contribution in [0.4, 0.5) is 10.8 Å². The zero-order valence-electron chi connectivity index (χ0n) is 15.8. The lowest BCUT2D eigenvalue weighted by Crippen LogP contribution is -2.36. The van der Waals surface area contributed by atoms with E-state index in [4.69, 9.17) is 0 Å². The summed E-state index contributed by atoms with van der Waals surface area (Å²) in [5.41, 5.74) is 2.79. The highest BCUT2D eigenvalue weighted by atomic mass is 32.1. The first-order valence-electron chi connectivity index (χ1n) is 9.36. The van der Waals surface area contributed by atoms with Gasteiger partial charge in [0, 0.05) is 54.4 Å². The molecule has 0 radical (unpaired) electrons. The highest BCUT2D eigenvalue weighted by Crippen LogP contribution is 2.24. The SMILES string of the molecule is Cc1nc(-c2cccc(NC(=O)CN3CCCN(c4nccs4)CC3)c2)cs1. The summed E-state index contributed by atoms with van der Waals surface area (Å²) >= 11 is 3.30. The van der Waals surface area contributed by atoms with Gasteiger partial charge in [0.25, 0.3) is 0 Å². The van der Waals surface area contributed by atoms with Gasteiger partial charge in [0.2, 0.25) is 5.91 Å². The van der Waals surface area contributed by atoms with E-state index < -0.39 is 0 Å². The summed E-state index contributed by atoms with van der Waals surface area (Å²) < 4.78 is 0. The predicted molar refractivity (Wildman–Crippen MR) is 116 cm³/mol. The number of aromatic nitrogens is 2. The van der Waals surface area contributed by atoms with Crippen LogP contribution in [0.3, 0.4) is 0 Å². The molecule has 3 aromatic rings. The molecular weight excluding hydrogens is 390 g/mol. The summed E-state index contributed by atoms with van der Waals surface area (Å²) in [7, 11) is 0. The number of thiazole rings is 2. The molecule has 0 unspecified atom stereocenters. The molecule has 4 rings (SSSR count). The van der Waals surface area contributed by atoms with E-state index in [0.717, 1.165) is 59.7 Å². The average Bonchev–Trinajstić information content (AvgIpc) is 3.31. The van der Waals surface area contributed by atoms with E-state index in [0.29, 0.717) is 6.54 Å². The Morgan fingerprint density at radius 3 is 2.93 bits per heavy atom. The van der Waals surface area contributed by atoms with Crippen LogP contribution in [-0.4, -0.2) is 53.5 Å². The van der Waals surface area contributed by atoms with Gasteiger partial charge in [-0.1, -0.05) is 12.1 Å². The van der Waals surface area contributed by atoms with Gasteiger partial charge < -0.3 is 10.2 Å². The minimum atomic E-state index is 0.0225. The fourth-order valence-corrected chi connectivity index (χ4v) is 4.67. The first kappa shape index (κ1) is 19.0. The molecule has 1 amide bonds. The van der Waals surface area contributed by atoms with Crippen molar-refractivity contribution in [2.45, 2.75) is 13.3 Å². The quantitative estimate of drug-likeness (QED) is 0.691. The Hall–Kier alpha value is -2.29. The summed E-state index contributed by atoms with van der Waals surface area (Å²) in [5, 5.41) is 9.20. The maximum absolute atomic E-state index is 12.6. The van der Waals surface area contributed by atoms with Gasteiger partial charge in [-0.3, -0.25) is 9.69 Å². The fraction of sp³-hybridized carbons (Fsp3) is 0.350. The maximum atomic E-state index is 12.6. The monoisotopic (exact) mass is 413 g/mol. The van der Waals surface area contributed by atoms with Gasteiger partial charge in [-0.25, -0.2) is 9.97 Å². The van der Waals surface area contributed by atoms with Gasteiger partial charge in [-0.05, 0) is 25.5 Å².